The number of aromatic nitrogens is 3. The Morgan fingerprint density at radius 3 is 2.94 bits per heavy atom. The van der Waals surface area contributed by atoms with E-state index in [1.165, 1.54) is 0 Å². The Kier molecular flexibility index (Phi) is 5.66. The van der Waals surface area contributed by atoms with E-state index >= 15 is 0 Å². The van der Waals surface area contributed by atoms with Crippen LogP contribution in [0.15, 0.2) is 60.9 Å². The molecule has 9 heteroatoms. The normalized spacial score (nSPS) is 17.1. The van der Waals surface area contributed by atoms with Gasteiger partial charge in [-0.25, -0.2) is 9.50 Å². The molecule has 2 aliphatic heterocycles. The van der Waals surface area contributed by atoms with Gasteiger partial charge in [0.05, 0.1) is 16.6 Å². The maximum absolute atomic E-state index is 13.0. The summed E-state index contributed by atoms with van der Waals surface area (Å²) in [4.78, 5) is 19.9. The van der Waals surface area contributed by atoms with Gasteiger partial charge in [-0.2, -0.15) is 5.10 Å². The van der Waals surface area contributed by atoms with Crippen LogP contribution >= 0.6 is 11.6 Å². The zero-order valence-corrected chi connectivity index (χ0v) is 19.7. The van der Waals surface area contributed by atoms with Crippen LogP contribution in [0.1, 0.15) is 18.4 Å². The molecular weight excluding hydrogens is 466 g/mol. The fourth-order valence-electron chi connectivity index (χ4n) is 4.72. The van der Waals surface area contributed by atoms with Crippen LogP contribution in [-0.2, 0) is 11.3 Å². The number of fused-ring (bicyclic) bond motifs is 2. The minimum absolute atomic E-state index is 0.0459. The zero-order valence-electron chi connectivity index (χ0n) is 19.0. The van der Waals surface area contributed by atoms with Crippen molar-refractivity contribution in [3.63, 3.8) is 0 Å². The van der Waals surface area contributed by atoms with Crippen molar-refractivity contribution in [1.82, 2.24) is 19.9 Å². The van der Waals surface area contributed by atoms with Gasteiger partial charge in [0.15, 0.2) is 17.3 Å². The van der Waals surface area contributed by atoms with E-state index in [9.17, 15) is 4.79 Å². The van der Waals surface area contributed by atoms with Gasteiger partial charge in [0.1, 0.15) is 5.52 Å². The molecule has 0 saturated carbocycles. The lowest BCUT2D eigenvalue weighted by atomic mass is 9.97. The lowest BCUT2D eigenvalue weighted by Crippen LogP contribution is -2.43. The number of ether oxygens (including phenoxy) is 2. The van der Waals surface area contributed by atoms with Crippen molar-refractivity contribution < 1.29 is 14.3 Å². The Balaban J connectivity index is 1.18. The van der Waals surface area contributed by atoms with Crippen LogP contribution in [0.5, 0.6) is 11.5 Å². The molecule has 0 aliphatic carbocycles. The maximum Gasteiger partial charge on any atom is 0.231 e. The molecule has 1 saturated heterocycles. The molecule has 2 aromatic heterocycles. The molecule has 0 spiro atoms. The number of nitrogens with one attached hydrogen (secondary N) is 1. The van der Waals surface area contributed by atoms with Crippen LogP contribution in [0.3, 0.4) is 0 Å². The van der Waals surface area contributed by atoms with E-state index in [1.54, 1.807) is 6.20 Å². The number of benzene rings is 2. The molecule has 1 atom stereocenters. The number of anilines is 1. The minimum Gasteiger partial charge on any atom is -0.454 e. The van der Waals surface area contributed by atoms with Gasteiger partial charge < -0.3 is 19.7 Å². The topological polar surface area (TPSA) is 81.0 Å². The van der Waals surface area contributed by atoms with E-state index in [4.69, 9.17) is 26.2 Å². The van der Waals surface area contributed by atoms with Crippen LogP contribution in [0.25, 0.3) is 16.8 Å². The summed E-state index contributed by atoms with van der Waals surface area (Å²) in [5.74, 6) is 2.21. The predicted octanol–water partition coefficient (Wildman–Crippen LogP) is 4.31. The highest BCUT2D eigenvalue weighted by Crippen LogP contribution is 2.33. The van der Waals surface area contributed by atoms with E-state index < -0.39 is 0 Å². The monoisotopic (exact) mass is 489 g/mol. The molecule has 1 unspecified atom stereocenters. The highest BCUT2D eigenvalue weighted by atomic mass is 35.5. The SMILES string of the molecule is O=C(NCc1ccc2c(c1)OCO2)C1CCCN(c2nccn3nc(-c4ccccc4Cl)cc23)C1. The van der Waals surface area contributed by atoms with Crippen molar-refractivity contribution >= 4 is 28.8 Å². The largest absolute Gasteiger partial charge is 0.454 e. The highest BCUT2D eigenvalue weighted by molar-refractivity contribution is 6.33. The maximum atomic E-state index is 13.0. The summed E-state index contributed by atoms with van der Waals surface area (Å²) in [5, 5.41) is 8.45. The van der Waals surface area contributed by atoms with Crippen molar-refractivity contribution in [2.45, 2.75) is 19.4 Å². The van der Waals surface area contributed by atoms with Crippen LogP contribution < -0.4 is 19.7 Å². The molecule has 1 fully saturated rings. The van der Waals surface area contributed by atoms with Gasteiger partial charge in [-0.1, -0.05) is 35.9 Å². The molecule has 4 heterocycles. The van der Waals surface area contributed by atoms with Crippen molar-refractivity contribution in [2.24, 2.45) is 5.92 Å². The zero-order chi connectivity index (χ0) is 23.8. The lowest BCUT2D eigenvalue weighted by Gasteiger charge is -2.33. The van der Waals surface area contributed by atoms with Crippen molar-refractivity contribution in [3.05, 3.63) is 71.5 Å². The van der Waals surface area contributed by atoms with Gasteiger partial charge in [0.2, 0.25) is 12.7 Å². The predicted molar refractivity (Wildman–Crippen MR) is 133 cm³/mol. The Morgan fingerprint density at radius 1 is 1.14 bits per heavy atom. The number of carbonyl (C=O) groups is 1. The molecule has 0 bridgehead atoms. The number of rotatable bonds is 5. The second-order valence-corrected chi connectivity index (χ2v) is 9.19. The molecule has 2 aromatic carbocycles. The van der Waals surface area contributed by atoms with Crippen molar-refractivity contribution in [1.29, 1.82) is 0 Å². The number of carbonyl (C=O) groups excluding carboxylic acids is 1. The third-order valence-corrected chi connectivity index (χ3v) is 6.84. The summed E-state index contributed by atoms with van der Waals surface area (Å²) in [6.07, 6.45) is 5.33. The second-order valence-electron chi connectivity index (χ2n) is 8.78. The first kappa shape index (κ1) is 21.7. The van der Waals surface area contributed by atoms with E-state index in [2.05, 4.69) is 15.2 Å². The molecular formula is C26H24ClN5O3. The van der Waals surface area contributed by atoms with Crippen molar-refractivity contribution in [3.8, 4) is 22.8 Å². The van der Waals surface area contributed by atoms with E-state index in [0.29, 0.717) is 18.1 Å². The first-order chi connectivity index (χ1) is 17.2. The average molecular weight is 490 g/mol. The Morgan fingerprint density at radius 2 is 2.03 bits per heavy atom. The summed E-state index contributed by atoms with van der Waals surface area (Å²) in [7, 11) is 0. The van der Waals surface area contributed by atoms with E-state index in [0.717, 1.165) is 59.0 Å². The second kappa shape index (κ2) is 9.11. The number of nitrogens with zero attached hydrogens (tertiary/aromatic N) is 4. The van der Waals surface area contributed by atoms with Gasteiger partial charge in [-0.3, -0.25) is 4.79 Å². The Hall–Kier alpha value is -3.78. The van der Waals surface area contributed by atoms with Gasteiger partial charge >= 0.3 is 0 Å². The van der Waals surface area contributed by atoms with Gasteiger partial charge in [0, 0.05) is 37.6 Å². The standard InChI is InChI=1S/C26H24ClN5O3/c27-20-6-2-1-5-19(20)21-13-22-25(28-9-11-32(22)30-21)31-10-3-4-18(15-31)26(33)29-14-17-7-8-23-24(12-17)35-16-34-23/h1-2,5-9,11-13,18H,3-4,10,14-16H2,(H,29,33). The molecule has 8 nitrogen and oxygen atoms in total. The van der Waals surface area contributed by atoms with Gasteiger partial charge in [-0.15, -0.1) is 0 Å². The molecule has 1 N–H and O–H groups in total. The molecule has 0 radical (unpaired) electrons. The minimum atomic E-state index is -0.120. The lowest BCUT2D eigenvalue weighted by molar-refractivity contribution is -0.125. The first-order valence-corrected chi connectivity index (χ1v) is 12.0. The number of hydrogen-bond donors (Lipinski definition) is 1. The third kappa shape index (κ3) is 4.25. The number of amides is 1. The van der Waals surface area contributed by atoms with Crippen molar-refractivity contribution in [2.75, 3.05) is 24.8 Å². The molecule has 6 rings (SSSR count). The molecule has 2 aliphatic rings. The van der Waals surface area contributed by atoms with Gasteiger partial charge in [0.25, 0.3) is 0 Å². The fraction of sp³-hybridized carbons (Fsp3) is 0.269. The number of halogens is 1. The van der Waals surface area contributed by atoms with Crippen LogP contribution in [0.2, 0.25) is 5.02 Å². The smallest absolute Gasteiger partial charge is 0.231 e. The molecule has 4 aromatic rings. The number of piperidine rings is 1. The average Bonchev–Trinajstić information content (AvgIpc) is 3.54. The summed E-state index contributed by atoms with van der Waals surface area (Å²) >= 11 is 6.40. The Bertz CT molecular complexity index is 1410. The summed E-state index contributed by atoms with van der Waals surface area (Å²) in [5.41, 5.74) is 3.54. The highest BCUT2D eigenvalue weighted by Gasteiger charge is 2.28. The molecule has 178 valence electrons. The quantitative estimate of drug-likeness (QED) is 0.450. The van der Waals surface area contributed by atoms with Crippen LogP contribution in [-0.4, -0.2) is 40.4 Å². The van der Waals surface area contributed by atoms with Crippen LogP contribution in [0.4, 0.5) is 5.82 Å². The van der Waals surface area contributed by atoms with Crippen LogP contribution in [0, 0.1) is 5.92 Å². The summed E-state index contributed by atoms with van der Waals surface area (Å²) < 4.78 is 12.6. The van der Waals surface area contributed by atoms with Gasteiger partial charge in [-0.05, 0) is 42.7 Å². The summed E-state index contributed by atoms with van der Waals surface area (Å²) in [6, 6.07) is 15.4. The molecule has 35 heavy (non-hydrogen) atoms. The fourth-order valence-corrected chi connectivity index (χ4v) is 4.95. The molecule has 1 amide bonds. The Labute approximate surface area is 207 Å². The van der Waals surface area contributed by atoms with E-state index in [1.807, 2.05) is 59.2 Å². The van der Waals surface area contributed by atoms with E-state index in [-0.39, 0.29) is 18.6 Å². The number of hydrogen-bond acceptors (Lipinski definition) is 6. The first-order valence-electron chi connectivity index (χ1n) is 11.7. The summed E-state index contributed by atoms with van der Waals surface area (Å²) in [6.45, 7) is 2.13. The third-order valence-electron chi connectivity index (χ3n) is 6.51.